The number of amides is 2. The maximum atomic E-state index is 11.8. The predicted octanol–water partition coefficient (Wildman–Crippen LogP) is 1.04. The SMILES string of the molecule is CCC1(C)CCN(C(=O)NCCC(O)C(=O)O)CC1. The third kappa shape index (κ3) is 4.70. The van der Waals surface area contributed by atoms with Gasteiger partial charge in [-0.2, -0.15) is 0 Å². The molecule has 110 valence electrons. The molecule has 1 aliphatic rings. The van der Waals surface area contributed by atoms with Crippen molar-refractivity contribution in [1.82, 2.24) is 10.2 Å². The first-order chi connectivity index (χ1) is 8.88. The first-order valence-electron chi connectivity index (χ1n) is 6.81. The van der Waals surface area contributed by atoms with Gasteiger partial charge >= 0.3 is 12.0 Å². The smallest absolute Gasteiger partial charge is 0.332 e. The van der Waals surface area contributed by atoms with Crippen LogP contribution in [0.5, 0.6) is 0 Å². The number of likely N-dealkylation sites (tertiary alicyclic amines) is 1. The zero-order valence-electron chi connectivity index (χ0n) is 11.7. The number of aliphatic carboxylic acids is 1. The molecular weight excluding hydrogens is 248 g/mol. The monoisotopic (exact) mass is 272 g/mol. The fourth-order valence-electron chi connectivity index (χ4n) is 2.15. The molecule has 6 heteroatoms. The minimum absolute atomic E-state index is 0.0294. The maximum absolute atomic E-state index is 11.8. The van der Waals surface area contributed by atoms with E-state index < -0.39 is 12.1 Å². The number of rotatable bonds is 5. The fourth-order valence-corrected chi connectivity index (χ4v) is 2.15. The van der Waals surface area contributed by atoms with Gasteiger partial charge in [-0.3, -0.25) is 0 Å². The Morgan fingerprint density at radius 2 is 1.95 bits per heavy atom. The van der Waals surface area contributed by atoms with Gasteiger partial charge < -0.3 is 20.4 Å². The minimum atomic E-state index is -1.41. The second-order valence-corrected chi connectivity index (χ2v) is 5.53. The van der Waals surface area contributed by atoms with Crippen molar-refractivity contribution >= 4 is 12.0 Å². The van der Waals surface area contributed by atoms with Crippen molar-refractivity contribution in [1.29, 1.82) is 0 Å². The van der Waals surface area contributed by atoms with E-state index in [1.54, 1.807) is 4.90 Å². The summed E-state index contributed by atoms with van der Waals surface area (Å²) in [5, 5.41) is 20.2. The lowest BCUT2D eigenvalue weighted by molar-refractivity contribution is -0.146. The van der Waals surface area contributed by atoms with Crippen molar-refractivity contribution in [2.75, 3.05) is 19.6 Å². The van der Waals surface area contributed by atoms with Gasteiger partial charge in [0.1, 0.15) is 0 Å². The molecule has 0 saturated carbocycles. The molecule has 0 aromatic carbocycles. The van der Waals surface area contributed by atoms with Crippen molar-refractivity contribution < 1.29 is 19.8 Å². The van der Waals surface area contributed by atoms with Crippen LogP contribution in [0.3, 0.4) is 0 Å². The van der Waals surface area contributed by atoms with Gasteiger partial charge in [0.05, 0.1) is 0 Å². The standard InChI is InChI=1S/C13H24N2O4/c1-3-13(2)5-8-15(9-6-13)12(19)14-7-4-10(16)11(17)18/h10,16H,3-9H2,1-2H3,(H,14,19)(H,17,18). The molecular formula is C13H24N2O4. The minimum Gasteiger partial charge on any atom is -0.479 e. The molecule has 1 unspecified atom stereocenters. The van der Waals surface area contributed by atoms with Crippen LogP contribution in [0.25, 0.3) is 0 Å². The summed E-state index contributed by atoms with van der Waals surface area (Å²) in [4.78, 5) is 24.0. The van der Waals surface area contributed by atoms with Crippen LogP contribution < -0.4 is 5.32 Å². The van der Waals surface area contributed by atoms with Gasteiger partial charge in [-0.15, -0.1) is 0 Å². The van der Waals surface area contributed by atoms with E-state index >= 15 is 0 Å². The normalized spacial score (nSPS) is 19.8. The van der Waals surface area contributed by atoms with Crippen LogP contribution in [0.2, 0.25) is 0 Å². The number of hydrogen-bond donors (Lipinski definition) is 3. The Balaban J connectivity index is 2.26. The molecule has 6 nitrogen and oxygen atoms in total. The molecule has 0 aromatic heterocycles. The molecule has 1 heterocycles. The second kappa shape index (κ2) is 6.75. The Morgan fingerprint density at radius 3 is 2.42 bits per heavy atom. The van der Waals surface area contributed by atoms with E-state index in [0.717, 1.165) is 32.4 Å². The summed E-state index contributed by atoms with van der Waals surface area (Å²) in [5.41, 5.74) is 0.330. The summed E-state index contributed by atoms with van der Waals surface area (Å²) in [6.45, 7) is 6.05. The first-order valence-corrected chi connectivity index (χ1v) is 6.81. The third-order valence-corrected chi connectivity index (χ3v) is 4.09. The third-order valence-electron chi connectivity index (χ3n) is 4.09. The van der Waals surface area contributed by atoms with Gasteiger partial charge in [0.25, 0.3) is 0 Å². The van der Waals surface area contributed by atoms with E-state index in [1.165, 1.54) is 0 Å². The average Bonchev–Trinajstić information content (AvgIpc) is 2.39. The zero-order valence-corrected chi connectivity index (χ0v) is 11.7. The molecule has 3 N–H and O–H groups in total. The molecule has 0 bridgehead atoms. The topological polar surface area (TPSA) is 89.9 Å². The van der Waals surface area contributed by atoms with Gasteiger partial charge in [-0.1, -0.05) is 20.3 Å². The molecule has 0 aliphatic carbocycles. The summed E-state index contributed by atoms with van der Waals surface area (Å²) in [7, 11) is 0. The number of urea groups is 1. The Labute approximate surface area is 113 Å². The van der Waals surface area contributed by atoms with Crippen molar-refractivity contribution in [3.63, 3.8) is 0 Å². The van der Waals surface area contributed by atoms with Crippen molar-refractivity contribution in [2.45, 2.75) is 45.6 Å². The number of nitrogens with zero attached hydrogens (tertiary/aromatic N) is 1. The Bertz CT molecular complexity index is 325. The summed E-state index contributed by atoms with van der Waals surface area (Å²) in [6, 6.07) is -0.171. The largest absolute Gasteiger partial charge is 0.479 e. The molecule has 19 heavy (non-hydrogen) atoms. The molecule has 0 radical (unpaired) electrons. The highest BCUT2D eigenvalue weighted by atomic mass is 16.4. The Hall–Kier alpha value is -1.30. The molecule has 1 saturated heterocycles. The van der Waals surface area contributed by atoms with Crippen molar-refractivity contribution in [3.05, 3.63) is 0 Å². The van der Waals surface area contributed by atoms with Crippen LogP contribution in [0.15, 0.2) is 0 Å². The summed E-state index contributed by atoms with van der Waals surface area (Å²) in [5.74, 6) is -1.26. The van der Waals surface area contributed by atoms with Crippen molar-refractivity contribution in [2.24, 2.45) is 5.41 Å². The first kappa shape index (κ1) is 15.8. The van der Waals surface area contributed by atoms with Gasteiger partial charge in [-0.25, -0.2) is 9.59 Å². The number of carboxylic acid groups (broad SMARTS) is 1. The highest BCUT2D eigenvalue weighted by Crippen LogP contribution is 2.33. The van der Waals surface area contributed by atoms with Crippen LogP contribution in [0.1, 0.15) is 39.5 Å². The number of nitrogens with one attached hydrogen (secondary N) is 1. The fraction of sp³-hybridized carbons (Fsp3) is 0.846. The summed E-state index contributed by atoms with van der Waals surface area (Å²) < 4.78 is 0. The lowest BCUT2D eigenvalue weighted by atomic mass is 9.78. The van der Waals surface area contributed by atoms with Crippen LogP contribution in [-0.4, -0.2) is 52.9 Å². The van der Waals surface area contributed by atoms with E-state index in [-0.39, 0.29) is 19.0 Å². The molecule has 1 atom stereocenters. The van der Waals surface area contributed by atoms with E-state index in [2.05, 4.69) is 19.2 Å². The molecule has 1 aliphatic heterocycles. The molecule has 1 fully saturated rings. The highest BCUT2D eigenvalue weighted by molar-refractivity contribution is 5.74. The van der Waals surface area contributed by atoms with Crippen LogP contribution in [0.4, 0.5) is 4.79 Å². The molecule has 0 aromatic rings. The van der Waals surface area contributed by atoms with E-state index in [9.17, 15) is 9.59 Å². The van der Waals surface area contributed by atoms with Gasteiger partial charge in [0, 0.05) is 26.1 Å². The Kier molecular flexibility index (Phi) is 5.60. The lowest BCUT2D eigenvalue weighted by Gasteiger charge is -2.38. The highest BCUT2D eigenvalue weighted by Gasteiger charge is 2.30. The molecule has 1 rings (SSSR count). The number of carbonyl (C=O) groups is 2. The van der Waals surface area contributed by atoms with Crippen LogP contribution in [0, 0.1) is 5.41 Å². The van der Waals surface area contributed by atoms with Crippen LogP contribution in [-0.2, 0) is 4.79 Å². The number of piperidine rings is 1. The maximum Gasteiger partial charge on any atom is 0.332 e. The average molecular weight is 272 g/mol. The summed E-state index contributed by atoms with van der Waals surface area (Å²) in [6.07, 6.45) is 1.73. The Morgan fingerprint density at radius 1 is 1.37 bits per heavy atom. The number of carboxylic acids is 1. The lowest BCUT2D eigenvalue weighted by Crippen LogP contribution is -2.47. The zero-order chi connectivity index (χ0) is 14.5. The predicted molar refractivity (Wildman–Crippen MR) is 70.9 cm³/mol. The molecule has 0 spiro atoms. The van der Waals surface area contributed by atoms with E-state index in [0.29, 0.717) is 5.41 Å². The van der Waals surface area contributed by atoms with Crippen molar-refractivity contribution in [3.8, 4) is 0 Å². The summed E-state index contributed by atoms with van der Waals surface area (Å²) >= 11 is 0. The number of aliphatic hydroxyl groups excluding tert-OH is 1. The second-order valence-electron chi connectivity index (χ2n) is 5.53. The van der Waals surface area contributed by atoms with Gasteiger partial charge in [-0.05, 0) is 18.3 Å². The number of carbonyl (C=O) groups excluding carboxylic acids is 1. The van der Waals surface area contributed by atoms with E-state index in [4.69, 9.17) is 10.2 Å². The quantitative estimate of drug-likeness (QED) is 0.697. The number of hydrogen-bond acceptors (Lipinski definition) is 3. The van der Waals surface area contributed by atoms with Gasteiger partial charge in [0.2, 0.25) is 0 Å². The number of aliphatic hydroxyl groups is 1. The van der Waals surface area contributed by atoms with E-state index in [1.807, 2.05) is 0 Å². The van der Waals surface area contributed by atoms with Crippen LogP contribution >= 0.6 is 0 Å². The molecule has 2 amide bonds. The van der Waals surface area contributed by atoms with Gasteiger partial charge in [0.15, 0.2) is 6.10 Å².